The van der Waals surface area contributed by atoms with E-state index in [0.717, 1.165) is 16.9 Å². The van der Waals surface area contributed by atoms with Crippen LogP contribution in [0.25, 0.3) is 22.2 Å². The molecule has 0 N–H and O–H groups in total. The molecule has 4 rings (SSSR count). The molecule has 0 saturated heterocycles. The van der Waals surface area contributed by atoms with Gasteiger partial charge < -0.3 is 14.1 Å². The summed E-state index contributed by atoms with van der Waals surface area (Å²) in [6.07, 6.45) is 4.24. The monoisotopic (exact) mass is 499 g/mol. The van der Waals surface area contributed by atoms with E-state index in [1.807, 2.05) is 41.1 Å². The van der Waals surface area contributed by atoms with Crippen LogP contribution in [0.4, 0.5) is 0 Å². The van der Waals surface area contributed by atoms with Crippen LogP contribution in [0.1, 0.15) is 19.2 Å². The number of hydrogen-bond acceptors (Lipinski definition) is 10. The largest absolute Gasteiger partial charge is 0.418 e. The molecular formula is C22H25N7O3S2. The van der Waals surface area contributed by atoms with Crippen molar-refractivity contribution in [3.63, 3.8) is 0 Å². The number of carbonyl (C=O) groups excluding carboxylic acids is 1. The van der Waals surface area contributed by atoms with Crippen LogP contribution in [0.2, 0.25) is 0 Å². The highest BCUT2D eigenvalue weighted by Gasteiger charge is 2.20. The molecule has 0 fully saturated rings. The number of carbonyl (C=O) groups is 1. The van der Waals surface area contributed by atoms with Gasteiger partial charge >= 0.3 is 0 Å². The maximum absolute atomic E-state index is 13.1. The number of amides is 1. The van der Waals surface area contributed by atoms with E-state index in [4.69, 9.17) is 9.15 Å². The molecule has 0 aliphatic carbocycles. The van der Waals surface area contributed by atoms with Gasteiger partial charge in [-0.05, 0) is 30.0 Å². The summed E-state index contributed by atoms with van der Waals surface area (Å²) in [4.78, 5) is 19.8. The van der Waals surface area contributed by atoms with Crippen LogP contribution in [0.15, 0.2) is 51.6 Å². The summed E-state index contributed by atoms with van der Waals surface area (Å²) in [6.45, 7) is 3.97. The van der Waals surface area contributed by atoms with E-state index in [1.54, 1.807) is 24.4 Å². The molecule has 0 saturated carbocycles. The lowest BCUT2D eigenvalue weighted by atomic mass is 10.2. The highest BCUT2D eigenvalue weighted by molar-refractivity contribution is 7.99. The van der Waals surface area contributed by atoms with Crippen molar-refractivity contribution in [2.45, 2.75) is 31.6 Å². The van der Waals surface area contributed by atoms with Gasteiger partial charge in [-0.15, -0.1) is 31.7 Å². The number of hydrogen-bond donors (Lipinski definition) is 0. The van der Waals surface area contributed by atoms with Gasteiger partial charge in [0.2, 0.25) is 11.8 Å². The standard InChI is InChI=1S/C22H25N7O3S2/c1-3-10-28(14-18-24-26-21(32-18)17-5-4-13-33-17)19(30)15-34-22-27-25-20(29(22)11-12-31-2)16-6-8-23-9-7-16/h4-9,13H,3,10-12,14-15H2,1-2H3. The highest BCUT2D eigenvalue weighted by atomic mass is 32.2. The Bertz CT molecular complexity index is 1180. The first-order chi connectivity index (χ1) is 16.7. The number of thioether (sulfide) groups is 1. The Kier molecular flexibility index (Phi) is 8.39. The number of thiophene rings is 1. The molecule has 0 spiro atoms. The molecule has 4 aromatic rings. The Labute approximate surface area is 205 Å². The number of rotatable bonds is 12. The normalized spacial score (nSPS) is 11.1. The number of methoxy groups -OCH3 is 1. The van der Waals surface area contributed by atoms with Crippen LogP contribution in [-0.4, -0.2) is 66.8 Å². The highest BCUT2D eigenvalue weighted by Crippen LogP contribution is 2.25. The molecule has 4 heterocycles. The molecule has 0 aliphatic heterocycles. The Hall–Kier alpha value is -3.09. The van der Waals surface area contributed by atoms with Crippen molar-refractivity contribution in [1.29, 1.82) is 0 Å². The zero-order chi connectivity index (χ0) is 23.8. The second-order valence-electron chi connectivity index (χ2n) is 7.27. The van der Waals surface area contributed by atoms with Gasteiger partial charge in [0.15, 0.2) is 11.0 Å². The van der Waals surface area contributed by atoms with Crippen LogP contribution >= 0.6 is 23.1 Å². The molecule has 0 aliphatic rings. The van der Waals surface area contributed by atoms with Gasteiger partial charge in [-0.2, -0.15) is 0 Å². The summed E-state index contributed by atoms with van der Waals surface area (Å²) in [5, 5.41) is 19.5. The SMILES string of the molecule is CCCN(Cc1nnc(-c2cccs2)o1)C(=O)CSc1nnc(-c2ccncc2)n1CCOC. The number of ether oxygens (including phenoxy) is 1. The van der Waals surface area contributed by atoms with E-state index in [9.17, 15) is 4.79 Å². The third kappa shape index (κ3) is 5.88. The molecule has 12 heteroatoms. The molecule has 0 aromatic carbocycles. The lowest BCUT2D eigenvalue weighted by Gasteiger charge is -2.20. The molecule has 1 amide bonds. The quantitative estimate of drug-likeness (QED) is 0.270. The van der Waals surface area contributed by atoms with Crippen LogP contribution in [0, 0.1) is 0 Å². The topological polar surface area (TPSA) is 112 Å². The van der Waals surface area contributed by atoms with E-state index in [2.05, 4.69) is 25.4 Å². The zero-order valence-corrected chi connectivity index (χ0v) is 20.6. The van der Waals surface area contributed by atoms with Crippen LogP contribution in [-0.2, 0) is 22.6 Å². The van der Waals surface area contributed by atoms with Crippen molar-refractivity contribution in [3.8, 4) is 22.2 Å². The Balaban J connectivity index is 1.44. The molecule has 34 heavy (non-hydrogen) atoms. The molecule has 0 unspecified atom stereocenters. The van der Waals surface area contributed by atoms with Gasteiger partial charge in [0, 0.05) is 31.6 Å². The van der Waals surface area contributed by atoms with Crippen LogP contribution in [0.5, 0.6) is 0 Å². The van der Waals surface area contributed by atoms with Crippen molar-refractivity contribution in [2.75, 3.05) is 26.0 Å². The Morgan fingerprint density at radius 3 is 2.79 bits per heavy atom. The molecule has 10 nitrogen and oxygen atoms in total. The lowest BCUT2D eigenvalue weighted by Crippen LogP contribution is -2.33. The van der Waals surface area contributed by atoms with Gasteiger partial charge in [0.25, 0.3) is 5.89 Å². The number of nitrogens with zero attached hydrogens (tertiary/aromatic N) is 7. The Morgan fingerprint density at radius 1 is 1.21 bits per heavy atom. The average molecular weight is 500 g/mol. The summed E-state index contributed by atoms with van der Waals surface area (Å²) >= 11 is 2.88. The summed E-state index contributed by atoms with van der Waals surface area (Å²) in [6, 6.07) is 7.61. The molecule has 178 valence electrons. The van der Waals surface area contributed by atoms with Crippen molar-refractivity contribution >= 4 is 29.0 Å². The van der Waals surface area contributed by atoms with E-state index in [-0.39, 0.29) is 18.2 Å². The maximum Gasteiger partial charge on any atom is 0.257 e. The average Bonchev–Trinajstić information content (AvgIpc) is 3.62. The molecule has 0 bridgehead atoms. The molecule has 0 radical (unpaired) electrons. The van der Waals surface area contributed by atoms with Crippen molar-refractivity contribution in [2.24, 2.45) is 0 Å². The van der Waals surface area contributed by atoms with Crippen molar-refractivity contribution < 1.29 is 13.9 Å². The van der Waals surface area contributed by atoms with E-state index < -0.39 is 0 Å². The lowest BCUT2D eigenvalue weighted by molar-refractivity contribution is -0.129. The first kappa shape index (κ1) is 24.0. The first-order valence-corrected chi connectivity index (χ1v) is 12.7. The van der Waals surface area contributed by atoms with Gasteiger partial charge in [-0.3, -0.25) is 14.3 Å². The van der Waals surface area contributed by atoms with E-state index in [0.29, 0.717) is 42.5 Å². The zero-order valence-electron chi connectivity index (χ0n) is 19.0. The summed E-state index contributed by atoms with van der Waals surface area (Å²) in [5.74, 6) is 1.78. The van der Waals surface area contributed by atoms with Crippen molar-refractivity contribution in [1.82, 2.24) is 34.8 Å². The van der Waals surface area contributed by atoms with Crippen LogP contribution < -0.4 is 0 Å². The van der Waals surface area contributed by atoms with Crippen molar-refractivity contribution in [3.05, 3.63) is 47.9 Å². The second kappa shape index (κ2) is 11.9. The first-order valence-electron chi connectivity index (χ1n) is 10.8. The van der Waals surface area contributed by atoms with Gasteiger partial charge in [0.1, 0.15) is 0 Å². The molecular weight excluding hydrogens is 474 g/mol. The van der Waals surface area contributed by atoms with E-state index >= 15 is 0 Å². The predicted octanol–water partition coefficient (Wildman–Crippen LogP) is 3.63. The maximum atomic E-state index is 13.1. The third-order valence-electron chi connectivity index (χ3n) is 4.87. The minimum Gasteiger partial charge on any atom is -0.418 e. The van der Waals surface area contributed by atoms with Gasteiger partial charge in [0.05, 0.1) is 30.3 Å². The summed E-state index contributed by atoms with van der Waals surface area (Å²) in [5.41, 5.74) is 0.905. The summed E-state index contributed by atoms with van der Waals surface area (Å²) < 4.78 is 13.0. The number of aromatic nitrogens is 6. The predicted molar refractivity (Wildman–Crippen MR) is 129 cm³/mol. The summed E-state index contributed by atoms with van der Waals surface area (Å²) in [7, 11) is 1.65. The van der Waals surface area contributed by atoms with Gasteiger partial charge in [-0.25, -0.2) is 0 Å². The fraction of sp³-hybridized carbons (Fsp3) is 0.364. The van der Waals surface area contributed by atoms with Gasteiger partial charge in [-0.1, -0.05) is 24.8 Å². The Morgan fingerprint density at radius 2 is 2.06 bits per heavy atom. The third-order valence-corrected chi connectivity index (χ3v) is 6.68. The number of pyridine rings is 1. The molecule has 0 atom stereocenters. The van der Waals surface area contributed by atoms with E-state index in [1.165, 1.54) is 23.1 Å². The minimum absolute atomic E-state index is 0.0329. The molecule has 4 aromatic heterocycles. The second-order valence-corrected chi connectivity index (χ2v) is 9.16. The fourth-order valence-corrected chi connectivity index (χ4v) is 4.77. The fourth-order valence-electron chi connectivity index (χ4n) is 3.25. The van der Waals surface area contributed by atoms with Crippen LogP contribution in [0.3, 0.4) is 0 Å². The minimum atomic E-state index is -0.0329. The smallest absolute Gasteiger partial charge is 0.257 e.